The maximum Gasteiger partial charge on any atom is 0.453 e. The molecule has 1 N–H and O–H groups in total. The monoisotopic (exact) mass is 322 g/mol. The van der Waals surface area contributed by atoms with E-state index in [9.17, 15) is 13.2 Å². The molecule has 0 radical (unpaired) electrons. The Hall–Kier alpha value is -1.67. The molecule has 0 bridgehead atoms. The maximum atomic E-state index is 12.0. The molecule has 0 atom stereocenters. The Morgan fingerprint density at radius 2 is 1.90 bits per heavy atom. The molecule has 0 aliphatic carbocycles. The lowest BCUT2D eigenvalue weighted by Crippen LogP contribution is -2.12. The van der Waals surface area contributed by atoms with Crippen molar-refractivity contribution in [3.63, 3.8) is 0 Å². The lowest BCUT2D eigenvalue weighted by Gasteiger charge is -2.02. The highest BCUT2D eigenvalue weighted by atomic mass is 35.5. The van der Waals surface area contributed by atoms with E-state index in [1.165, 1.54) is 5.56 Å². The van der Waals surface area contributed by atoms with Crippen LogP contribution in [0.3, 0.4) is 0 Å². The molecule has 0 aliphatic heterocycles. The van der Waals surface area contributed by atoms with Crippen LogP contribution in [0.5, 0.6) is 0 Å². The first-order valence-corrected chi connectivity index (χ1v) is 5.98. The van der Waals surface area contributed by atoms with E-state index < -0.39 is 12.0 Å². The first kappa shape index (κ1) is 16.4. The number of aromatic nitrogens is 3. The molecule has 4 nitrogen and oxygen atoms in total. The molecule has 9 heteroatoms. The van der Waals surface area contributed by atoms with Crippen molar-refractivity contribution >= 4 is 30.5 Å². The van der Waals surface area contributed by atoms with Gasteiger partial charge in [0.15, 0.2) is 0 Å². The summed E-state index contributed by atoms with van der Waals surface area (Å²) < 4.78 is 36.2. The number of hydrogen-bond donors (Lipinski definition) is 1. The highest BCUT2D eigenvalue weighted by Crippen LogP contribution is 2.27. The van der Waals surface area contributed by atoms with Gasteiger partial charge in [-0.1, -0.05) is 29.3 Å². The van der Waals surface area contributed by atoms with Gasteiger partial charge in [0.05, 0.1) is 0 Å². The van der Waals surface area contributed by atoms with Gasteiger partial charge in [0, 0.05) is 11.7 Å². The number of aromatic amines is 1. The Morgan fingerprint density at radius 3 is 2.25 bits per heavy atom. The molecule has 0 amide bonds. The first-order valence-electron chi connectivity index (χ1n) is 5.19. The van der Waals surface area contributed by atoms with Gasteiger partial charge >= 0.3 is 6.18 Å². The van der Waals surface area contributed by atoms with Crippen LogP contribution >= 0.6 is 23.8 Å². The van der Waals surface area contributed by atoms with Gasteiger partial charge in [-0.15, -0.1) is 5.10 Å². The second-order valence-electron chi connectivity index (χ2n) is 3.60. The second-order valence-corrected chi connectivity index (χ2v) is 4.42. The fourth-order valence-electron chi connectivity index (χ4n) is 1.14. The quantitative estimate of drug-likeness (QED) is 0.635. The zero-order valence-corrected chi connectivity index (χ0v) is 11.9. The summed E-state index contributed by atoms with van der Waals surface area (Å²) in [4.78, 5) is 0. The van der Waals surface area contributed by atoms with Gasteiger partial charge in [0.25, 0.3) is 5.82 Å². The zero-order chi connectivity index (χ0) is 15.3. The van der Waals surface area contributed by atoms with Gasteiger partial charge in [-0.3, -0.25) is 0 Å². The summed E-state index contributed by atoms with van der Waals surface area (Å²) in [6.45, 7) is 4.96. The number of nitrogens with one attached hydrogen (secondary N) is 1. The lowest BCUT2D eigenvalue weighted by atomic mass is 10.2. The van der Waals surface area contributed by atoms with Crippen LogP contribution in [0.4, 0.5) is 13.2 Å². The number of alkyl halides is 3. The number of halogens is 4. The molecule has 20 heavy (non-hydrogen) atoms. The van der Waals surface area contributed by atoms with Crippen molar-refractivity contribution in [2.45, 2.75) is 13.1 Å². The standard InChI is InChI=1S/C7H7Cl.C4H3F3N4S/c1-6-2-4-7(8)5-3-6;1-8-11-2(4(5,6)7)9-10-3(11)12/h2-5H,1H3;1H2,(H,10,12). The van der Waals surface area contributed by atoms with Crippen molar-refractivity contribution in [3.8, 4) is 0 Å². The second kappa shape index (κ2) is 6.67. The average molecular weight is 323 g/mol. The van der Waals surface area contributed by atoms with Crippen LogP contribution in [0.2, 0.25) is 5.02 Å². The summed E-state index contributed by atoms with van der Waals surface area (Å²) in [5.74, 6) is -1.21. The molecule has 0 aliphatic rings. The van der Waals surface area contributed by atoms with E-state index in [2.05, 4.69) is 29.1 Å². The normalized spacial score (nSPS) is 10.7. The Kier molecular flexibility index (Phi) is 5.46. The first-order chi connectivity index (χ1) is 9.25. The third-order valence-corrected chi connectivity index (χ3v) is 2.57. The van der Waals surface area contributed by atoms with E-state index in [4.69, 9.17) is 11.6 Å². The predicted octanol–water partition coefficient (Wildman–Crippen LogP) is 4.07. The predicted molar refractivity (Wildman–Crippen MR) is 73.5 cm³/mol. The smallest absolute Gasteiger partial charge is 0.250 e. The van der Waals surface area contributed by atoms with Gasteiger partial charge in [-0.25, -0.2) is 5.10 Å². The summed E-state index contributed by atoms with van der Waals surface area (Å²) >= 11 is 10.1. The van der Waals surface area contributed by atoms with Gasteiger partial charge in [-0.2, -0.15) is 22.9 Å². The lowest BCUT2D eigenvalue weighted by molar-refractivity contribution is -0.147. The van der Waals surface area contributed by atoms with Gasteiger partial charge in [0.1, 0.15) is 0 Å². The number of hydrogen-bond acceptors (Lipinski definition) is 3. The number of aryl methyl sites for hydroxylation is 1. The number of benzene rings is 1. The molecule has 2 aromatic rings. The van der Waals surface area contributed by atoms with E-state index >= 15 is 0 Å². The molecule has 1 aromatic heterocycles. The summed E-state index contributed by atoms with van der Waals surface area (Å²) in [6.07, 6.45) is -4.57. The van der Waals surface area contributed by atoms with Crippen LogP contribution in [0.15, 0.2) is 29.4 Å². The van der Waals surface area contributed by atoms with Crippen molar-refractivity contribution in [1.82, 2.24) is 14.9 Å². The van der Waals surface area contributed by atoms with E-state index in [1.54, 1.807) is 0 Å². The summed E-state index contributed by atoms with van der Waals surface area (Å²) in [7, 11) is 0. The molecule has 0 unspecified atom stereocenters. The van der Waals surface area contributed by atoms with Crippen molar-refractivity contribution in [2.24, 2.45) is 5.10 Å². The Morgan fingerprint density at radius 1 is 1.35 bits per heavy atom. The highest BCUT2D eigenvalue weighted by molar-refractivity contribution is 7.71. The largest absolute Gasteiger partial charge is 0.453 e. The molecule has 0 spiro atoms. The Labute approximate surface area is 122 Å². The molecule has 2 rings (SSSR count). The highest BCUT2D eigenvalue weighted by Gasteiger charge is 2.37. The summed E-state index contributed by atoms with van der Waals surface area (Å²) in [5.41, 5.74) is 1.24. The molecule has 0 fully saturated rings. The number of rotatable bonds is 1. The van der Waals surface area contributed by atoms with E-state index in [-0.39, 0.29) is 4.77 Å². The van der Waals surface area contributed by atoms with Crippen LogP contribution in [0, 0.1) is 11.7 Å². The summed E-state index contributed by atoms with van der Waals surface area (Å²) in [5, 5.41) is 8.75. The van der Waals surface area contributed by atoms with Gasteiger partial charge in [-0.05, 0) is 31.3 Å². The van der Waals surface area contributed by atoms with Crippen LogP contribution < -0.4 is 0 Å². The SMILES string of the molecule is C=Nn1c(C(F)(F)F)n[nH]c1=S.Cc1ccc(Cl)cc1. The van der Waals surface area contributed by atoms with E-state index in [1.807, 2.05) is 36.3 Å². The maximum absolute atomic E-state index is 12.0. The molecule has 1 heterocycles. The molecular weight excluding hydrogens is 313 g/mol. The number of nitrogens with zero attached hydrogens (tertiary/aromatic N) is 3. The van der Waals surface area contributed by atoms with Crippen molar-refractivity contribution in [3.05, 3.63) is 45.4 Å². The average Bonchev–Trinajstić information content (AvgIpc) is 2.75. The topological polar surface area (TPSA) is 46.0 Å². The Bertz CT molecular complexity index is 609. The van der Waals surface area contributed by atoms with Crippen LogP contribution in [0.25, 0.3) is 0 Å². The van der Waals surface area contributed by atoms with Crippen LogP contribution in [-0.4, -0.2) is 21.6 Å². The van der Waals surface area contributed by atoms with E-state index in [0.717, 1.165) is 5.02 Å². The van der Waals surface area contributed by atoms with Crippen molar-refractivity contribution < 1.29 is 13.2 Å². The fraction of sp³-hybridized carbons (Fsp3) is 0.182. The van der Waals surface area contributed by atoms with Crippen molar-refractivity contribution in [1.29, 1.82) is 0 Å². The molecule has 1 aromatic carbocycles. The van der Waals surface area contributed by atoms with Crippen LogP contribution in [0.1, 0.15) is 11.4 Å². The van der Waals surface area contributed by atoms with Crippen LogP contribution in [-0.2, 0) is 6.18 Å². The third-order valence-electron chi connectivity index (χ3n) is 2.06. The molecule has 108 valence electrons. The third kappa shape index (κ3) is 4.46. The van der Waals surface area contributed by atoms with Gasteiger partial charge in [0.2, 0.25) is 4.77 Å². The van der Waals surface area contributed by atoms with Crippen molar-refractivity contribution in [2.75, 3.05) is 0 Å². The minimum absolute atomic E-state index is 0.239. The van der Waals surface area contributed by atoms with Gasteiger partial charge < -0.3 is 0 Å². The zero-order valence-electron chi connectivity index (χ0n) is 10.3. The number of H-pyrrole nitrogens is 1. The molecular formula is C11H10ClF3N4S. The minimum atomic E-state index is -4.57. The minimum Gasteiger partial charge on any atom is -0.250 e. The fourth-order valence-corrected chi connectivity index (χ4v) is 1.46. The molecule has 0 saturated carbocycles. The van der Waals surface area contributed by atoms with E-state index in [0.29, 0.717) is 4.68 Å². The molecule has 0 saturated heterocycles. The summed E-state index contributed by atoms with van der Waals surface area (Å²) in [6, 6.07) is 7.75. The Balaban J connectivity index is 0.000000217.